The summed E-state index contributed by atoms with van der Waals surface area (Å²) in [5.74, 6) is 0.718. The minimum Gasteiger partial charge on any atom is -0.315 e. The number of hydrogen-bond donors (Lipinski definition) is 1. The lowest BCUT2D eigenvalue weighted by atomic mass is 9.54. The van der Waals surface area contributed by atoms with Crippen molar-refractivity contribution in [2.45, 2.75) is 94.0 Å². The fraction of sp³-hybridized carbons (Fsp3) is 1.00. The highest BCUT2D eigenvalue weighted by molar-refractivity contribution is 4.95. The van der Waals surface area contributed by atoms with Crippen molar-refractivity contribution in [2.24, 2.45) is 22.2 Å². The molecule has 1 heteroatoms. The Morgan fingerprint density at radius 2 is 1.30 bits per heavy atom. The molecule has 0 bridgehead atoms. The summed E-state index contributed by atoms with van der Waals surface area (Å²) >= 11 is 0. The predicted molar refractivity (Wildman–Crippen MR) is 93.2 cm³/mol. The van der Waals surface area contributed by atoms with Gasteiger partial charge in [0.1, 0.15) is 0 Å². The zero-order valence-electron chi connectivity index (χ0n) is 16.2. The van der Waals surface area contributed by atoms with Crippen LogP contribution >= 0.6 is 0 Å². The quantitative estimate of drug-likeness (QED) is 0.585. The van der Waals surface area contributed by atoms with Crippen LogP contribution in [0.1, 0.15) is 88.5 Å². The summed E-state index contributed by atoms with van der Waals surface area (Å²) in [4.78, 5) is 0. The van der Waals surface area contributed by atoms with E-state index in [0.717, 1.165) is 5.92 Å². The molecule has 0 rings (SSSR count). The van der Waals surface area contributed by atoms with Crippen LogP contribution in [-0.4, -0.2) is 12.6 Å². The molecule has 1 nitrogen and oxygen atoms in total. The Hall–Kier alpha value is -0.0400. The molecule has 0 heterocycles. The summed E-state index contributed by atoms with van der Waals surface area (Å²) in [6.07, 6.45) is 3.73. The zero-order valence-corrected chi connectivity index (χ0v) is 16.2. The summed E-state index contributed by atoms with van der Waals surface area (Å²) in [6.45, 7) is 24.0. The fourth-order valence-electron chi connectivity index (χ4n) is 4.41. The smallest absolute Gasteiger partial charge is 0.0127 e. The van der Waals surface area contributed by atoms with Gasteiger partial charge in [0.2, 0.25) is 0 Å². The van der Waals surface area contributed by atoms with Gasteiger partial charge in [-0.15, -0.1) is 0 Å². The lowest BCUT2D eigenvalue weighted by Crippen LogP contribution is -2.45. The van der Waals surface area contributed by atoms with Crippen molar-refractivity contribution < 1.29 is 0 Å². The third-order valence-electron chi connectivity index (χ3n) is 6.07. The van der Waals surface area contributed by atoms with Gasteiger partial charge < -0.3 is 5.32 Å². The topological polar surface area (TPSA) is 12.0 Å². The van der Waals surface area contributed by atoms with Gasteiger partial charge in [-0.1, -0.05) is 55.4 Å². The van der Waals surface area contributed by atoms with E-state index in [1.165, 1.54) is 19.3 Å². The normalized spacial score (nSPS) is 17.4. The van der Waals surface area contributed by atoms with E-state index in [0.29, 0.717) is 16.2 Å². The molecule has 0 radical (unpaired) electrons. The lowest BCUT2D eigenvalue weighted by molar-refractivity contribution is -0.0119. The Labute approximate surface area is 129 Å². The van der Waals surface area contributed by atoms with Crippen LogP contribution in [-0.2, 0) is 0 Å². The lowest BCUT2D eigenvalue weighted by Gasteiger charge is -2.51. The van der Waals surface area contributed by atoms with Gasteiger partial charge in [0, 0.05) is 5.54 Å². The summed E-state index contributed by atoms with van der Waals surface area (Å²) in [7, 11) is 2.07. The van der Waals surface area contributed by atoms with Gasteiger partial charge in [-0.3, -0.25) is 0 Å². The first-order chi connectivity index (χ1) is 8.73. The average molecular weight is 284 g/mol. The molecule has 0 saturated carbocycles. The first kappa shape index (κ1) is 20.0. The summed E-state index contributed by atoms with van der Waals surface area (Å²) in [5, 5.41) is 3.46. The third-order valence-corrected chi connectivity index (χ3v) is 6.07. The molecule has 0 aromatic carbocycles. The van der Waals surface area contributed by atoms with Crippen LogP contribution in [0.5, 0.6) is 0 Å². The maximum Gasteiger partial charge on any atom is 0.0127 e. The molecule has 0 amide bonds. The second-order valence-corrected chi connectivity index (χ2v) is 9.46. The molecule has 0 saturated heterocycles. The van der Waals surface area contributed by atoms with Gasteiger partial charge >= 0.3 is 0 Å². The maximum atomic E-state index is 3.46. The van der Waals surface area contributed by atoms with E-state index in [1.807, 2.05) is 0 Å². The predicted octanol–water partition coefficient (Wildman–Crippen LogP) is 5.89. The van der Waals surface area contributed by atoms with Gasteiger partial charge in [-0.05, 0) is 62.3 Å². The number of hydrogen-bond acceptors (Lipinski definition) is 1. The fourth-order valence-corrected chi connectivity index (χ4v) is 4.41. The molecular formula is C19H41N. The molecule has 1 N–H and O–H groups in total. The van der Waals surface area contributed by atoms with Crippen molar-refractivity contribution in [3.05, 3.63) is 0 Å². The van der Waals surface area contributed by atoms with Gasteiger partial charge in [0.15, 0.2) is 0 Å². The Kier molecular flexibility index (Phi) is 6.37. The van der Waals surface area contributed by atoms with Crippen LogP contribution in [0.25, 0.3) is 0 Å². The Morgan fingerprint density at radius 1 is 0.850 bits per heavy atom. The molecule has 0 aliphatic carbocycles. The molecule has 0 aromatic heterocycles. The Balaban J connectivity index is 5.16. The van der Waals surface area contributed by atoms with E-state index in [4.69, 9.17) is 0 Å². The Morgan fingerprint density at radius 3 is 1.60 bits per heavy atom. The molecular weight excluding hydrogens is 242 g/mol. The van der Waals surface area contributed by atoms with E-state index in [-0.39, 0.29) is 5.54 Å². The van der Waals surface area contributed by atoms with Crippen molar-refractivity contribution in [3.63, 3.8) is 0 Å². The van der Waals surface area contributed by atoms with Crippen molar-refractivity contribution in [3.8, 4) is 0 Å². The molecule has 122 valence electrons. The standard InChI is InChI=1S/C19H41N/c1-12-19(10,15(2)3)17(6,7)13-16(4,5)14-18(8,9)20-11/h15,20H,12-14H2,1-11H3. The van der Waals surface area contributed by atoms with E-state index in [9.17, 15) is 0 Å². The molecule has 20 heavy (non-hydrogen) atoms. The SMILES string of the molecule is CCC(C)(C(C)C)C(C)(C)CC(C)(C)CC(C)(C)NC. The summed E-state index contributed by atoms with van der Waals surface area (Å²) < 4.78 is 0. The van der Waals surface area contributed by atoms with Crippen LogP contribution in [0.3, 0.4) is 0 Å². The van der Waals surface area contributed by atoms with Crippen molar-refractivity contribution >= 4 is 0 Å². The van der Waals surface area contributed by atoms with Crippen molar-refractivity contribution in [1.82, 2.24) is 5.32 Å². The molecule has 1 unspecified atom stereocenters. The van der Waals surface area contributed by atoms with Crippen molar-refractivity contribution in [2.75, 3.05) is 7.05 Å². The summed E-state index contributed by atoms with van der Waals surface area (Å²) in [6, 6.07) is 0. The zero-order chi connectivity index (χ0) is 16.4. The Bertz CT molecular complexity index is 299. The highest BCUT2D eigenvalue weighted by atomic mass is 14.9. The molecule has 0 aromatic rings. The molecule has 0 spiro atoms. The van der Waals surface area contributed by atoms with Gasteiger partial charge in [-0.2, -0.15) is 0 Å². The minimum absolute atomic E-state index is 0.208. The van der Waals surface area contributed by atoms with E-state index in [1.54, 1.807) is 0 Å². The maximum absolute atomic E-state index is 3.46. The van der Waals surface area contributed by atoms with Crippen LogP contribution in [0, 0.1) is 22.2 Å². The third kappa shape index (κ3) is 4.76. The van der Waals surface area contributed by atoms with E-state index < -0.39 is 0 Å². The minimum atomic E-state index is 0.208. The average Bonchev–Trinajstić information content (AvgIpc) is 2.24. The van der Waals surface area contributed by atoms with Crippen LogP contribution in [0.4, 0.5) is 0 Å². The van der Waals surface area contributed by atoms with Crippen LogP contribution in [0.15, 0.2) is 0 Å². The highest BCUT2D eigenvalue weighted by Gasteiger charge is 2.45. The van der Waals surface area contributed by atoms with Crippen molar-refractivity contribution in [1.29, 1.82) is 0 Å². The first-order valence-electron chi connectivity index (χ1n) is 8.42. The molecule has 0 aliphatic heterocycles. The second-order valence-electron chi connectivity index (χ2n) is 9.46. The van der Waals surface area contributed by atoms with Crippen LogP contribution < -0.4 is 5.32 Å². The summed E-state index contributed by atoms with van der Waals surface area (Å²) in [5.41, 5.74) is 1.30. The van der Waals surface area contributed by atoms with E-state index >= 15 is 0 Å². The number of nitrogens with one attached hydrogen (secondary N) is 1. The first-order valence-corrected chi connectivity index (χ1v) is 8.42. The molecule has 0 fully saturated rings. The van der Waals surface area contributed by atoms with Crippen LogP contribution in [0.2, 0.25) is 0 Å². The molecule has 0 aliphatic rings. The monoisotopic (exact) mass is 283 g/mol. The largest absolute Gasteiger partial charge is 0.315 e. The molecule has 1 atom stereocenters. The second kappa shape index (κ2) is 6.38. The van der Waals surface area contributed by atoms with Gasteiger partial charge in [-0.25, -0.2) is 0 Å². The number of rotatable bonds is 8. The highest BCUT2D eigenvalue weighted by Crippen LogP contribution is 2.53. The van der Waals surface area contributed by atoms with Gasteiger partial charge in [0.25, 0.3) is 0 Å². The van der Waals surface area contributed by atoms with E-state index in [2.05, 4.69) is 81.6 Å². The van der Waals surface area contributed by atoms with Gasteiger partial charge in [0.05, 0.1) is 0 Å².